The lowest BCUT2D eigenvalue weighted by Crippen LogP contribution is -2.39. The molecule has 0 atom stereocenters. The molecule has 1 saturated heterocycles. The average Bonchev–Trinajstić information content (AvgIpc) is 2.93. The predicted octanol–water partition coefficient (Wildman–Crippen LogP) is 5.35. The maximum Gasteiger partial charge on any atom is 0.321 e. The number of urea groups is 1. The molecule has 3 rings (SSSR count). The number of hydrogen-bond acceptors (Lipinski definition) is 2. The first-order chi connectivity index (χ1) is 13.9. The molecule has 0 bridgehead atoms. The van der Waals surface area contributed by atoms with E-state index in [-0.39, 0.29) is 11.9 Å². The second kappa shape index (κ2) is 10.2. The van der Waals surface area contributed by atoms with Gasteiger partial charge in [-0.15, -0.1) is 0 Å². The fraction of sp³-hybridized carbons (Fsp3) is 0.333. The van der Waals surface area contributed by atoms with E-state index in [0.717, 1.165) is 12.0 Å². The van der Waals surface area contributed by atoms with Crippen LogP contribution in [0.25, 0.3) is 0 Å². The van der Waals surface area contributed by atoms with Crippen LogP contribution in [-0.2, 0) is 11.2 Å². The molecule has 0 aromatic heterocycles. The third kappa shape index (κ3) is 6.26. The number of anilines is 1. The van der Waals surface area contributed by atoms with E-state index >= 15 is 0 Å². The molecule has 1 fully saturated rings. The van der Waals surface area contributed by atoms with E-state index in [0.29, 0.717) is 59.8 Å². The Bertz CT molecular complexity index is 891. The molecule has 1 N–H and O–H groups in total. The van der Waals surface area contributed by atoms with Gasteiger partial charge in [0.1, 0.15) is 0 Å². The highest BCUT2D eigenvalue weighted by molar-refractivity contribution is 6.35. The van der Waals surface area contributed by atoms with Gasteiger partial charge < -0.3 is 15.1 Å². The highest BCUT2D eigenvalue weighted by Crippen LogP contribution is 2.22. The summed E-state index contributed by atoms with van der Waals surface area (Å²) in [6.45, 7) is 2.23. The summed E-state index contributed by atoms with van der Waals surface area (Å²) in [5, 5.41) is 4.57. The van der Waals surface area contributed by atoms with E-state index in [2.05, 4.69) is 5.32 Å². The summed E-state index contributed by atoms with van der Waals surface area (Å²) in [5.41, 5.74) is 1.56. The van der Waals surface area contributed by atoms with Crippen LogP contribution < -0.4 is 5.32 Å². The van der Waals surface area contributed by atoms with Gasteiger partial charge in [0.25, 0.3) is 0 Å². The van der Waals surface area contributed by atoms with Gasteiger partial charge in [-0.3, -0.25) is 4.79 Å². The van der Waals surface area contributed by atoms with Gasteiger partial charge in [0, 0.05) is 53.4 Å². The van der Waals surface area contributed by atoms with Crippen molar-refractivity contribution in [2.24, 2.45) is 0 Å². The van der Waals surface area contributed by atoms with Crippen molar-refractivity contribution in [2.75, 3.05) is 31.5 Å². The van der Waals surface area contributed by atoms with Crippen LogP contribution in [0.5, 0.6) is 0 Å². The van der Waals surface area contributed by atoms with Crippen molar-refractivity contribution < 1.29 is 9.59 Å². The van der Waals surface area contributed by atoms with Crippen LogP contribution >= 0.6 is 34.8 Å². The van der Waals surface area contributed by atoms with Gasteiger partial charge >= 0.3 is 6.03 Å². The Kier molecular flexibility index (Phi) is 7.64. The van der Waals surface area contributed by atoms with E-state index in [1.54, 1.807) is 41.3 Å². The quantitative estimate of drug-likeness (QED) is 0.677. The average molecular weight is 455 g/mol. The normalized spacial score (nSPS) is 14.4. The van der Waals surface area contributed by atoms with Crippen LogP contribution in [0.1, 0.15) is 18.4 Å². The van der Waals surface area contributed by atoms with Gasteiger partial charge in [-0.25, -0.2) is 4.79 Å². The fourth-order valence-electron chi connectivity index (χ4n) is 3.26. The second-order valence-corrected chi connectivity index (χ2v) is 8.18. The van der Waals surface area contributed by atoms with Crippen molar-refractivity contribution in [1.82, 2.24) is 9.80 Å². The first-order valence-corrected chi connectivity index (χ1v) is 10.6. The predicted molar refractivity (Wildman–Crippen MR) is 118 cm³/mol. The number of hydrogen-bond donors (Lipinski definition) is 1. The molecule has 8 heteroatoms. The zero-order chi connectivity index (χ0) is 20.8. The molecule has 0 saturated carbocycles. The molecule has 1 heterocycles. The molecular weight excluding hydrogens is 433 g/mol. The van der Waals surface area contributed by atoms with Crippen molar-refractivity contribution >= 4 is 52.4 Å². The summed E-state index contributed by atoms with van der Waals surface area (Å²) in [6, 6.07) is 12.2. The number of rotatable bonds is 4. The maximum absolute atomic E-state index is 12.6. The minimum absolute atomic E-state index is 0.0631. The molecule has 0 unspecified atom stereocenters. The monoisotopic (exact) mass is 453 g/mol. The van der Waals surface area contributed by atoms with Gasteiger partial charge in [-0.1, -0.05) is 46.9 Å². The van der Waals surface area contributed by atoms with Gasteiger partial charge in [0.05, 0.1) is 0 Å². The van der Waals surface area contributed by atoms with Crippen LogP contribution in [0.15, 0.2) is 42.5 Å². The number of carbonyl (C=O) groups excluding carboxylic acids is 2. The molecule has 29 heavy (non-hydrogen) atoms. The zero-order valence-electron chi connectivity index (χ0n) is 15.8. The topological polar surface area (TPSA) is 52.7 Å². The summed E-state index contributed by atoms with van der Waals surface area (Å²) in [4.78, 5) is 28.7. The second-order valence-electron chi connectivity index (χ2n) is 6.90. The SMILES string of the molecule is O=C(CCc1ccc(Cl)cc1Cl)N1CCCN(C(=O)Nc2cccc(Cl)c2)CC1. The number of nitrogens with zero attached hydrogens (tertiary/aromatic N) is 2. The number of amides is 3. The number of aryl methyl sites for hydroxylation is 1. The van der Waals surface area contributed by atoms with Crippen LogP contribution in [0.3, 0.4) is 0 Å². The summed E-state index contributed by atoms with van der Waals surface area (Å²) in [6.07, 6.45) is 1.66. The lowest BCUT2D eigenvalue weighted by Gasteiger charge is -2.22. The van der Waals surface area contributed by atoms with Gasteiger partial charge in [-0.05, 0) is 48.7 Å². The highest BCUT2D eigenvalue weighted by atomic mass is 35.5. The Morgan fingerprint density at radius 1 is 0.897 bits per heavy atom. The summed E-state index contributed by atoms with van der Waals surface area (Å²) >= 11 is 18.1. The Morgan fingerprint density at radius 3 is 2.38 bits per heavy atom. The number of halogens is 3. The molecule has 2 aromatic rings. The lowest BCUT2D eigenvalue weighted by atomic mass is 10.1. The first-order valence-electron chi connectivity index (χ1n) is 9.45. The van der Waals surface area contributed by atoms with Crippen LogP contribution in [0.4, 0.5) is 10.5 Å². The summed E-state index contributed by atoms with van der Waals surface area (Å²) < 4.78 is 0. The molecule has 0 aliphatic carbocycles. The lowest BCUT2D eigenvalue weighted by molar-refractivity contribution is -0.131. The molecule has 5 nitrogen and oxygen atoms in total. The largest absolute Gasteiger partial charge is 0.341 e. The Hall–Kier alpha value is -1.95. The van der Waals surface area contributed by atoms with E-state index in [1.807, 2.05) is 11.0 Å². The molecule has 154 valence electrons. The first kappa shape index (κ1) is 21.8. The van der Waals surface area contributed by atoms with Gasteiger partial charge in [0.15, 0.2) is 0 Å². The highest BCUT2D eigenvalue weighted by Gasteiger charge is 2.22. The van der Waals surface area contributed by atoms with E-state index < -0.39 is 0 Å². The van der Waals surface area contributed by atoms with E-state index in [1.165, 1.54) is 0 Å². The molecule has 3 amide bonds. The minimum Gasteiger partial charge on any atom is -0.341 e. The van der Waals surface area contributed by atoms with Crippen LogP contribution in [0.2, 0.25) is 15.1 Å². The molecule has 1 aliphatic heterocycles. The Balaban J connectivity index is 1.50. The smallest absolute Gasteiger partial charge is 0.321 e. The molecule has 0 spiro atoms. The van der Waals surface area contributed by atoms with Crippen molar-refractivity contribution in [3.05, 3.63) is 63.1 Å². The van der Waals surface area contributed by atoms with E-state index in [9.17, 15) is 9.59 Å². The number of benzene rings is 2. The minimum atomic E-state index is -0.186. The third-order valence-electron chi connectivity index (χ3n) is 4.84. The van der Waals surface area contributed by atoms with E-state index in [4.69, 9.17) is 34.8 Å². The van der Waals surface area contributed by atoms with Crippen molar-refractivity contribution in [3.8, 4) is 0 Å². The van der Waals surface area contributed by atoms with Gasteiger partial charge in [-0.2, -0.15) is 0 Å². The Morgan fingerprint density at radius 2 is 1.62 bits per heavy atom. The van der Waals surface area contributed by atoms with Crippen LogP contribution in [0, 0.1) is 0 Å². The number of nitrogens with one attached hydrogen (secondary N) is 1. The molecule has 1 aliphatic rings. The van der Waals surface area contributed by atoms with Crippen LogP contribution in [-0.4, -0.2) is 47.9 Å². The summed E-state index contributed by atoms with van der Waals surface area (Å²) in [5.74, 6) is 0.0631. The van der Waals surface area contributed by atoms with Crippen molar-refractivity contribution in [1.29, 1.82) is 0 Å². The third-order valence-corrected chi connectivity index (χ3v) is 5.66. The Labute approximate surface area is 185 Å². The van der Waals surface area contributed by atoms with Crippen molar-refractivity contribution in [3.63, 3.8) is 0 Å². The van der Waals surface area contributed by atoms with Gasteiger partial charge in [0.2, 0.25) is 5.91 Å². The molecular formula is C21H22Cl3N3O2. The number of carbonyl (C=O) groups is 2. The summed E-state index contributed by atoms with van der Waals surface area (Å²) in [7, 11) is 0. The fourth-order valence-corrected chi connectivity index (χ4v) is 3.96. The van der Waals surface area contributed by atoms with Crippen molar-refractivity contribution in [2.45, 2.75) is 19.3 Å². The molecule has 0 radical (unpaired) electrons. The standard InChI is InChI=1S/C21H22Cl3N3O2/c22-16-3-1-4-18(13-16)25-21(29)27-10-2-9-26(11-12-27)20(28)8-6-15-5-7-17(23)14-19(15)24/h1,3-5,7,13-14H,2,6,8-12H2,(H,25,29). The molecule has 2 aromatic carbocycles. The zero-order valence-corrected chi connectivity index (χ0v) is 18.1. The maximum atomic E-state index is 12.6.